The first kappa shape index (κ1) is 16.5. The Hall–Kier alpha value is -1.99. The SMILES string of the molecule is O=C(Nc1nnc(C2CCC2)s1)[C@@H]1CC(=O)N(c2cccc(Cl)c2)C1. The van der Waals surface area contributed by atoms with Crippen LogP contribution in [0, 0.1) is 5.92 Å². The van der Waals surface area contributed by atoms with Crippen molar-refractivity contribution in [3.8, 4) is 0 Å². The van der Waals surface area contributed by atoms with E-state index >= 15 is 0 Å². The van der Waals surface area contributed by atoms with Crippen LogP contribution in [0.3, 0.4) is 0 Å². The summed E-state index contributed by atoms with van der Waals surface area (Å²) in [6.07, 6.45) is 3.71. The Bertz CT molecular complexity index is 820. The summed E-state index contributed by atoms with van der Waals surface area (Å²) in [5, 5.41) is 13.1. The second-order valence-corrected chi connectivity index (χ2v) is 7.89. The number of amides is 2. The van der Waals surface area contributed by atoms with E-state index in [2.05, 4.69) is 15.5 Å². The second-order valence-electron chi connectivity index (χ2n) is 6.45. The number of nitrogens with one attached hydrogen (secondary N) is 1. The fourth-order valence-corrected chi connectivity index (χ4v) is 4.19. The normalized spacial score (nSPS) is 20.6. The number of rotatable bonds is 4. The van der Waals surface area contributed by atoms with Gasteiger partial charge < -0.3 is 10.2 Å². The lowest BCUT2D eigenvalue weighted by molar-refractivity contribution is -0.122. The van der Waals surface area contributed by atoms with Crippen molar-refractivity contribution in [2.75, 3.05) is 16.8 Å². The van der Waals surface area contributed by atoms with Crippen molar-refractivity contribution < 1.29 is 9.59 Å². The molecule has 1 saturated heterocycles. The molecule has 0 bridgehead atoms. The zero-order valence-electron chi connectivity index (χ0n) is 13.4. The van der Waals surface area contributed by atoms with Gasteiger partial charge in [-0.3, -0.25) is 9.59 Å². The van der Waals surface area contributed by atoms with Gasteiger partial charge in [0, 0.05) is 29.6 Å². The van der Waals surface area contributed by atoms with Gasteiger partial charge in [0.25, 0.3) is 0 Å². The van der Waals surface area contributed by atoms with E-state index in [0.29, 0.717) is 22.6 Å². The van der Waals surface area contributed by atoms with Crippen LogP contribution in [0.5, 0.6) is 0 Å². The van der Waals surface area contributed by atoms with E-state index in [-0.39, 0.29) is 18.2 Å². The molecule has 4 rings (SSSR count). The summed E-state index contributed by atoms with van der Waals surface area (Å²) in [7, 11) is 0. The number of benzene rings is 1. The van der Waals surface area contributed by atoms with Crippen LogP contribution in [0.2, 0.25) is 5.02 Å². The third kappa shape index (κ3) is 3.39. The molecule has 2 aliphatic rings. The molecule has 1 aliphatic heterocycles. The zero-order valence-corrected chi connectivity index (χ0v) is 15.0. The Morgan fingerprint density at radius 2 is 2.16 bits per heavy atom. The molecule has 0 spiro atoms. The minimum atomic E-state index is -0.400. The molecular weight excluding hydrogens is 360 g/mol. The van der Waals surface area contributed by atoms with E-state index < -0.39 is 5.92 Å². The summed E-state index contributed by atoms with van der Waals surface area (Å²) in [5.74, 6) is -0.166. The predicted molar refractivity (Wildman–Crippen MR) is 97.0 cm³/mol. The molecule has 1 aliphatic carbocycles. The van der Waals surface area contributed by atoms with Gasteiger partial charge in [0.15, 0.2) is 0 Å². The number of hydrogen-bond donors (Lipinski definition) is 1. The number of carbonyl (C=O) groups excluding carboxylic acids is 2. The highest BCUT2D eigenvalue weighted by molar-refractivity contribution is 7.15. The van der Waals surface area contributed by atoms with Crippen molar-refractivity contribution in [3.63, 3.8) is 0 Å². The minimum Gasteiger partial charge on any atom is -0.312 e. The molecule has 2 heterocycles. The summed E-state index contributed by atoms with van der Waals surface area (Å²) in [4.78, 5) is 26.4. The van der Waals surface area contributed by atoms with Gasteiger partial charge in [-0.15, -0.1) is 10.2 Å². The first-order valence-corrected chi connectivity index (χ1v) is 9.50. The van der Waals surface area contributed by atoms with Gasteiger partial charge in [0.2, 0.25) is 16.9 Å². The van der Waals surface area contributed by atoms with E-state index in [1.807, 2.05) is 6.07 Å². The number of nitrogens with zero attached hydrogens (tertiary/aromatic N) is 3. The quantitative estimate of drug-likeness (QED) is 0.886. The monoisotopic (exact) mass is 376 g/mol. The maximum absolute atomic E-state index is 12.5. The number of anilines is 2. The van der Waals surface area contributed by atoms with Crippen molar-refractivity contribution in [3.05, 3.63) is 34.3 Å². The van der Waals surface area contributed by atoms with Crippen molar-refractivity contribution in [2.45, 2.75) is 31.6 Å². The minimum absolute atomic E-state index is 0.0742. The van der Waals surface area contributed by atoms with Gasteiger partial charge in [-0.1, -0.05) is 35.4 Å². The third-order valence-corrected chi connectivity index (χ3v) is 5.98. The Morgan fingerprint density at radius 3 is 2.88 bits per heavy atom. The van der Waals surface area contributed by atoms with Crippen LogP contribution in [0.25, 0.3) is 0 Å². The standard InChI is InChI=1S/C17H17ClN4O2S/c18-12-5-2-6-13(8-12)22-9-11(7-14(22)23)15(24)19-17-21-20-16(25-17)10-3-1-4-10/h2,5-6,8,10-11H,1,3-4,7,9H2,(H,19,21,24)/t11-/m1/s1. The van der Waals surface area contributed by atoms with Crippen LogP contribution in [-0.4, -0.2) is 28.6 Å². The second kappa shape index (κ2) is 6.72. The highest BCUT2D eigenvalue weighted by Crippen LogP contribution is 2.38. The van der Waals surface area contributed by atoms with Crippen LogP contribution in [0.15, 0.2) is 24.3 Å². The number of carbonyl (C=O) groups is 2. The molecule has 1 atom stereocenters. The van der Waals surface area contributed by atoms with Gasteiger partial charge in [-0.05, 0) is 31.0 Å². The maximum Gasteiger partial charge on any atom is 0.231 e. The molecule has 6 nitrogen and oxygen atoms in total. The first-order valence-electron chi connectivity index (χ1n) is 8.30. The van der Waals surface area contributed by atoms with Gasteiger partial charge >= 0.3 is 0 Å². The predicted octanol–water partition coefficient (Wildman–Crippen LogP) is 3.45. The highest BCUT2D eigenvalue weighted by atomic mass is 35.5. The Morgan fingerprint density at radius 1 is 1.32 bits per heavy atom. The fourth-order valence-electron chi connectivity index (χ4n) is 3.09. The fraction of sp³-hybridized carbons (Fsp3) is 0.412. The van der Waals surface area contributed by atoms with Crippen LogP contribution < -0.4 is 10.2 Å². The molecule has 0 radical (unpaired) electrons. The maximum atomic E-state index is 12.5. The Kier molecular flexibility index (Phi) is 4.43. The van der Waals surface area contributed by atoms with Gasteiger partial charge in [-0.25, -0.2) is 0 Å². The molecule has 0 unspecified atom stereocenters. The van der Waals surface area contributed by atoms with E-state index in [0.717, 1.165) is 23.5 Å². The third-order valence-electron chi connectivity index (χ3n) is 4.74. The van der Waals surface area contributed by atoms with E-state index in [1.54, 1.807) is 23.1 Å². The topological polar surface area (TPSA) is 75.2 Å². The lowest BCUT2D eigenvalue weighted by Gasteiger charge is -2.21. The Balaban J connectivity index is 1.41. The highest BCUT2D eigenvalue weighted by Gasteiger charge is 2.35. The van der Waals surface area contributed by atoms with E-state index in [9.17, 15) is 9.59 Å². The first-order chi connectivity index (χ1) is 12.1. The summed E-state index contributed by atoms with van der Waals surface area (Å²) < 4.78 is 0. The summed E-state index contributed by atoms with van der Waals surface area (Å²) in [6, 6.07) is 7.10. The largest absolute Gasteiger partial charge is 0.312 e. The number of hydrogen-bond acceptors (Lipinski definition) is 5. The van der Waals surface area contributed by atoms with Crippen molar-refractivity contribution >= 4 is 45.6 Å². The molecule has 1 aromatic carbocycles. The average Bonchev–Trinajstić information content (AvgIpc) is 3.12. The molecule has 8 heteroatoms. The van der Waals surface area contributed by atoms with Gasteiger partial charge in [0.05, 0.1) is 5.92 Å². The van der Waals surface area contributed by atoms with Crippen LogP contribution in [-0.2, 0) is 9.59 Å². The number of halogens is 1. The van der Waals surface area contributed by atoms with E-state index in [1.165, 1.54) is 17.8 Å². The molecule has 2 amide bonds. The zero-order chi connectivity index (χ0) is 17.4. The van der Waals surface area contributed by atoms with Crippen molar-refractivity contribution in [2.24, 2.45) is 5.92 Å². The van der Waals surface area contributed by atoms with Crippen molar-refractivity contribution in [1.82, 2.24) is 10.2 Å². The molecule has 2 aromatic rings. The molecule has 1 saturated carbocycles. The molecule has 1 aromatic heterocycles. The molecular formula is C17H17ClN4O2S. The van der Waals surface area contributed by atoms with Crippen molar-refractivity contribution in [1.29, 1.82) is 0 Å². The molecule has 2 fully saturated rings. The summed E-state index contributed by atoms with van der Waals surface area (Å²) >= 11 is 7.42. The lowest BCUT2D eigenvalue weighted by atomic mass is 9.86. The molecule has 130 valence electrons. The molecule has 25 heavy (non-hydrogen) atoms. The number of aromatic nitrogens is 2. The van der Waals surface area contributed by atoms with Crippen LogP contribution in [0.1, 0.15) is 36.6 Å². The summed E-state index contributed by atoms with van der Waals surface area (Å²) in [5.41, 5.74) is 0.719. The van der Waals surface area contributed by atoms with Gasteiger partial charge in [-0.2, -0.15) is 0 Å². The van der Waals surface area contributed by atoms with Crippen LogP contribution in [0.4, 0.5) is 10.8 Å². The summed E-state index contributed by atoms with van der Waals surface area (Å²) in [6.45, 7) is 0.347. The average molecular weight is 377 g/mol. The van der Waals surface area contributed by atoms with Crippen LogP contribution >= 0.6 is 22.9 Å². The van der Waals surface area contributed by atoms with Gasteiger partial charge in [0.1, 0.15) is 5.01 Å². The smallest absolute Gasteiger partial charge is 0.231 e. The lowest BCUT2D eigenvalue weighted by Crippen LogP contribution is -2.28. The van der Waals surface area contributed by atoms with E-state index in [4.69, 9.17) is 11.6 Å². The molecule has 1 N–H and O–H groups in total. The Labute approximate surface area is 154 Å².